The SMILES string of the molecule is CCC(C)OC(=O)Oc1ccc(C[C@H](NCCOC(=O)C(C)C)C(=O)OC)cc1OC(=O)OC(C)CC. The number of hydrogen-bond acceptors (Lipinski definition) is 11. The molecule has 1 aromatic carbocycles. The average molecular weight is 526 g/mol. The minimum atomic E-state index is -0.971. The summed E-state index contributed by atoms with van der Waals surface area (Å²) in [5.74, 6) is -1.27. The van der Waals surface area contributed by atoms with E-state index in [-0.39, 0.29) is 55.2 Å². The first-order valence-electron chi connectivity index (χ1n) is 12.4. The maximum Gasteiger partial charge on any atom is 0.514 e. The summed E-state index contributed by atoms with van der Waals surface area (Å²) < 4.78 is 30.9. The molecule has 0 amide bonds. The Morgan fingerprint density at radius 3 is 1.92 bits per heavy atom. The van der Waals surface area contributed by atoms with Crippen LogP contribution in [0, 0.1) is 5.92 Å². The standard InChI is InChI=1S/C26H39NO10/c1-8-17(5)34-25(30)36-21-11-10-19(15-22(21)37-26(31)35-18(6)9-2)14-20(24(29)32-7)27-12-13-33-23(28)16(3)4/h10-11,15-18,20,27H,8-9,12-14H2,1-7H3/t17?,18?,20-/m0/s1. The number of esters is 2. The van der Waals surface area contributed by atoms with Crippen LogP contribution >= 0.6 is 0 Å². The van der Waals surface area contributed by atoms with Gasteiger partial charge >= 0.3 is 24.2 Å². The fourth-order valence-electron chi connectivity index (χ4n) is 2.73. The monoisotopic (exact) mass is 525 g/mol. The van der Waals surface area contributed by atoms with Crippen molar-refractivity contribution >= 4 is 24.2 Å². The largest absolute Gasteiger partial charge is 0.514 e. The second-order valence-corrected chi connectivity index (χ2v) is 8.71. The van der Waals surface area contributed by atoms with Crippen molar-refractivity contribution in [3.63, 3.8) is 0 Å². The Bertz CT molecular complexity index is 901. The lowest BCUT2D eigenvalue weighted by atomic mass is 10.1. The summed E-state index contributed by atoms with van der Waals surface area (Å²) in [6.45, 7) is 10.9. The summed E-state index contributed by atoms with van der Waals surface area (Å²) in [6, 6.07) is 3.71. The third-order valence-electron chi connectivity index (χ3n) is 5.27. The Balaban J connectivity index is 3.05. The number of methoxy groups -OCH3 is 1. The van der Waals surface area contributed by atoms with E-state index in [1.54, 1.807) is 33.8 Å². The second-order valence-electron chi connectivity index (χ2n) is 8.71. The molecule has 208 valence electrons. The Labute approximate surface area is 218 Å². The number of ether oxygens (including phenoxy) is 6. The van der Waals surface area contributed by atoms with Gasteiger partial charge in [-0.1, -0.05) is 33.8 Å². The second kappa shape index (κ2) is 16.4. The Kier molecular flexibility index (Phi) is 14.1. The first kappa shape index (κ1) is 31.7. The average Bonchev–Trinajstić information content (AvgIpc) is 2.86. The first-order valence-corrected chi connectivity index (χ1v) is 12.4. The van der Waals surface area contributed by atoms with Gasteiger partial charge in [-0.3, -0.25) is 9.59 Å². The zero-order valence-electron chi connectivity index (χ0n) is 22.7. The van der Waals surface area contributed by atoms with Crippen LogP contribution in [0.5, 0.6) is 11.5 Å². The molecule has 0 saturated carbocycles. The van der Waals surface area contributed by atoms with Crippen LogP contribution in [0.25, 0.3) is 0 Å². The van der Waals surface area contributed by atoms with E-state index in [2.05, 4.69) is 5.32 Å². The van der Waals surface area contributed by atoms with E-state index < -0.39 is 24.3 Å². The highest BCUT2D eigenvalue weighted by atomic mass is 16.7. The minimum absolute atomic E-state index is 0.0543. The zero-order chi connectivity index (χ0) is 28.0. The van der Waals surface area contributed by atoms with E-state index >= 15 is 0 Å². The Morgan fingerprint density at radius 1 is 0.838 bits per heavy atom. The van der Waals surface area contributed by atoms with Gasteiger partial charge < -0.3 is 33.7 Å². The molecule has 11 nitrogen and oxygen atoms in total. The molecule has 0 aliphatic rings. The summed E-state index contributed by atoms with van der Waals surface area (Å²) >= 11 is 0. The van der Waals surface area contributed by atoms with Crippen molar-refractivity contribution in [2.24, 2.45) is 5.92 Å². The highest BCUT2D eigenvalue weighted by Gasteiger charge is 2.23. The van der Waals surface area contributed by atoms with E-state index in [1.807, 2.05) is 13.8 Å². The van der Waals surface area contributed by atoms with Crippen molar-refractivity contribution in [3.8, 4) is 11.5 Å². The number of hydrogen-bond donors (Lipinski definition) is 1. The highest BCUT2D eigenvalue weighted by molar-refractivity contribution is 5.76. The molecule has 3 atom stereocenters. The topological polar surface area (TPSA) is 136 Å². The van der Waals surface area contributed by atoms with Crippen molar-refractivity contribution in [2.75, 3.05) is 20.3 Å². The van der Waals surface area contributed by atoms with Gasteiger partial charge in [0.25, 0.3) is 0 Å². The van der Waals surface area contributed by atoms with Crippen LogP contribution in [0.15, 0.2) is 18.2 Å². The molecule has 1 rings (SSSR count). The Morgan fingerprint density at radius 2 is 1.41 bits per heavy atom. The van der Waals surface area contributed by atoms with E-state index in [0.29, 0.717) is 18.4 Å². The number of benzene rings is 1. The molecule has 0 fully saturated rings. The molecule has 0 bridgehead atoms. The van der Waals surface area contributed by atoms with Crippen LogP contribution in [-0.2, 0) is 35.0 Å². The van der Waals surface area contributed by atoms with Gasteiger partial charge in [0.2, 0.25) is 0 Å². The molecule has 1 aromatic rings. The summed E-state index contributed by atoms with van der Waals surface area (Å²) in [7, 11) is 1.26. The smallest absolute Gasteiger partial charge is 0.468 e. The van der Waals surface area contributed by atoms with Crippen LogP contribution in [0.3, 0.4) is 0 Å². The molecule has 37 heavy (non-hydrogen) atoms. The molecule has 0 aromatic heterocycles. The molecule has 0 radical (unpaired) electrons. The molecule has 11 heteroatoms. The van der Waals surface area contributed by atoms with Crippen molar-refractivity contribution in [1.82, 2.24) is 5.32 Å². The lowest BCUT2D eigenvalue weighted by Crippen LogP contribution is -2.41. The van der Waals surface area contributed by atoms with Crippen molar-refractivity contribution in [3.05, 3.63) is 23.8 Å². The molecule has 2 unspecified atom stereocenters. The van der Waals surface area contributed by atoms with Crippen molar-refractivity contribution in [1.29, 1.82) is 0 Å². The summed E-state index contributed by atoms with van der Waals surface area (Å²) in [5, 5.41) is 2.99. The van der Waals surface area contributed by atoms with Gasteiger partial charge in [-0.2, -0.15) is 0 Å². The molecule has 0 aliphatic carbocycles. The van der Waals surface area contributed by atoms with Crippen LogP contribution in [0.1, 0.15) is 59.9 Å². The maximum atomic E-state index is 12.3. The Hall–Kier alpha value is -3.34. The lowest BCUT2D eigenvalue weighted by Gasteiger charge is -2.18. The number of rotatable bonds is 14. The van der Waals surface area contributed by atoms with Crippen molar-refractivity contribution < 1.29 is 47.6 Å². The lowest BCUT2D eigenvalue weighted by molar-refractivity contribution is -0.147. The fourth-order valence-corrected chi connectivity index (χ4v) is 2.73. The van der Waals surface area contributed by atoms with E-state index in [1.165, 1.54) is 19.2 Å². The van der Waals surface area contributed by atoms with Crippen molar-refractivity contribution in [2.45, 2.75) is 79.1 Å². The normalized spacial score (nSPS) is 13.2. The summed E-state index contributed by atoms with van der Waals surface area (Å²) in [4.78, 5) is 48.4. The van der Waals surface area contributed by atoms with Gasteiger partial charge in [0.05, 0.1) is 13.0 Å². The molecule has 0 spiro atoms. The molecule has 0 saturated heterocycles. The molecular weight excluding hydrogens is 486 g/mol. The third kappa shape index (κ3) is 12.0. The highest BCUT2D eigenvalue weighted by Crippen LogP contribution is 2.30. The molecule has 0 aliphatic heterocycles. The van der Waals surface area contributed by atoms with E-state index in [0.717, 1.165) is 0 Å². The predicted molar refractivity (Wildman–Crippen MR) is 133 cm³/mol. The number of nitrogens with one attached hydrogen (secondary N) is 1. The van der Waals surface area contributed by atoms with Gasteiger partial charge in [0.1, 0.15) is 24.9 Å². The van der Waals surface area contributed by atoms with E-state index in [4.69, 9.17) is 28.4 Å². The van der Waals surface area contributed by atoms with E-state index in [9.17, 15) is 19.2 Å². The van der Waals surface area contributed by atoms with Gasteiger partial charge in [0.15, 0.2) is 11.5 Å². The van der Waals surface area contributed by atoms with Gasteiger partial charge in [-0.15, -0.1) is 0 Å². The van der Waals surface area contributed by atoms with Gasteiger partial charge in [-0.05, 0) is 50.8 Å². The van der Waals surface area contributed by atoms with Gasteiger partial charge in [0, 0.05) is 6.54 Å². The molecule has 0 heterocycles. The zero-order valence-corrected chi connectivity index (χ0v) is 22.7. The van der Waals surface area contributed by atoms with Crippen LogP contribution in [0.4, 0.5) is 9.59 Å². The number of carbonyl (C=O) groups excluding carboxylic acids is 4. The molecule has 1 N–H and O–H groups in total. The fraction of sp³-hybridized carbons (Fsp3) is 0.615. The summed E-state index contributed by atoms with van der Waals surface area (Å²) in [6.07, 6.45) is -1.35. The maximum absolute atomic E-state index is 12.3. The van der Waals surface area contributed by atoms with Crippen LogP contribution in [0.2, 0.25) is 0 Å². The predicted octanol–water partition coefficient (Wildman–Crippen LogP) is 4.19. The molecular formula is C26H39NO10. The minimum Gasteiger partial charge on any atom is -0.468 e. The third-order valence-corrected chi connectivity index (χ3v) is 5.27. The quantitative estimate of drug-likeness (QED) is 0.162. The van der Waals surface area contributed by atoms with Gasteiger partial charge in [-0.25, -0.2) is 9.59 Å². The first-order chi connectivity index (χ1) is 17.5. The van der Waals surface area contributed by atoms with Crippen LogP contribution in [-0.4, -0.2) is 62.8 Å². The summed E-state index contributed by atoms with van der Waals surface area (Å²) in [5.41, 5.74) is 0.566. The number of carbonyl (C=O) groups is 4. The van der Waals surface area contributed by atoms with Crippen LogP contribution < -0.4 is 14.8 Å².